The van der Waals surface area contributed by atoms with E-state index in [2.05, 4.69) is 0 Å². The minimum Gasteiger partial charge on any atom is -0.465 e. The monoisotopic (exact) mass is 264 g/mol. The van der Waals surface area contributed by atoms with Crippen molar-refractivity contribution in [1.29, 1.82) is 0 Å². The molecule has 2 nitrogen and oxygen atoms in total. The number of methoxy groups -OCH3 is 1. The fourth-order valence-electron chi connectivity index (χ4n) is 1.93. The number of thiophene rings is 1. The minimum absolute atomic E-state index is 0.300. The Morgan fingerprint density at radius 1 is 1.28 bits per heavy atom. The van der Waals surface area contributed by atoms with Gasteiger partial charge in [0.1, 0.15) is 10.7 Å². The van der Waals surface area contributed by atoms with Gasteiger partial charge in [-0.15, -0.1) is 11.3 Å². The summed E-state index contributed by atoms with van der Waals surface area (Å²) < 4.78 is 18.2. The van der Waals surface area contributed by atoms with Crippen molar-refractivity contribution in [2.75, 3.05) is 7.11 Å². The van der Waals surface area contributed by atoms with Gasteiger partial charge in [-0.1, -0.05) is 6.07 Å². The standard InChI is InChI=1S/C14H13FO2S/c1-8-4-10(6-11(15)5-8)12-9(2)7-18-13(12)14(16)17-3/h4-7H,1-3H3. The maximum atomic E-state index is 13.5. The largest absolute Gasteiger partial charge is 0.465 e. The van der Waals surface area contributed by atoms with Crippen molar-refractivity contribution in [2.24, 2.45) is 0 Å². The lowest BCUT2D eigenvalue weighted by Crippen LogP contribution is -2.00. The zero-order chi connectivity index (χ0) is 13.3. The number of benzene rings is 1. The first-order valence-electron chi connectivity index (χ1n) is 5.47. The Labute approximate surface area is 109 Å². The molecule has 18 heavy (non-hydrogen) atoms. The van der Waals surface area contributed by atoms with Crippen LogP contribution in [-0.4, -0.2) is 13.1 Å². The Hall–Kier alpha value is -1.68. The third-order valence-electron chi connectivity index (χ3n) is 2.68. The molecule has 0 radical (unpaired) electrons. The molecule has 2 rings (SSSR count). The van der Waals surface area contributed by atoms with Gasteiger partial charge in [0.25, 0.3) is 0 Å². The quantitative estimate of drug-likeness (QED) is 0.767. The van der Waals surface area contributed by atoms with E-state index >= 15 is 0 Å². The van der Waals surface area contributed by atoms with Crippen LogP contribution in [0.2, 0.25) is 0 Å². The van der Waals surface area contributed by atoms with E-state index in [-0.39, 0.29) is 11.8 Å². The van der Waals surface area contributed by atoms with Crippen LogP contribution in [0.25, 0.3) is 11.1 Å². The minimum atomic E-state index is -0.384. The number of aryl methyl sites for hydroxylation is 2. The van der Waals surface area contributed by atoms with E-state index in [4.69, 9.17) is 4.74 Å². The third-order valence-corrected chi connectivity index (χ3v) is 3.75. The van der Waals surface area contributed by atoms with Crippen LogP contribution >= 0.6 is 11.3 Å². The number of ether oxygens (including phenoxy) is 1. The Balaban J connectivity index is 2.62. The summed E-state index contributed by atoms with van der Waals surface area (Å²) in [6.45, 7) is 3.73. The molecule has 0 unspecified atom stereocenters. The molecule has 94 valence electrons. The molecule has 4 heteroatoms. The highest BCUT2D eigenvalue weighted by Crippen LogP contribution is 2.33. The van der Waals surface area contributed by atoms with E-state index in [1.54, 1.807) is 0 Å². The summed E-state index contributed by atoms with van der Waals surface area (Å²) in [5, 5.41) is 1.88. The maximum absolute atomic E-state index is 13.5. The van der Waals surface area contributed by atoms with Crippen LogP contribution in [0.5, 0.6) is 0 Å². The lowest BCUT2D eigenvalue weighted by molar-refractivity contribution is 0.0607. The Morgan fingerprint density at radius 2 is 2.00 bits per heavy atom. The van der Waals surface area contributed by atoms with Crippen LogP contribution in [0, 0.1) is 19.7 Å². The Kier molecular flexibility index (Phi) is 3.48. The number of carbonyl (C=O) groups excluding carboxylic acids is 1. The molecule has 0 atom stereocenters. The molecule has 1 aromatic heterocycles. The van der Waals surface area contributed by atoms with E-state index in [0.29, 0.717) is 10.4 Å². The number of halogens is 1. The fourth-order valence-corrected chi connectivity index (χ4v) is 2.92. The summed E-state index contributed by atoms with van der Waals surface area (Å²) in [4.78, 5) is 12.2. The molecule has 1 aromatic carbocycles. The normalized spacial score (nSPS) is 10.4. The van der Waals surface area contributed by atoms with Crippen LogP contribution in [-0.2, 0) is 4.74 Å². The van der Waals surface area contributed by atoms with Crippen LogP contribution in [0.15, 0.2) is 23.6 Å². The number of rotatable bonds is 2. The second-order valence-corrected chi connectivity index (χ2v) is 5.01. The zero-order valence-corrected chi connectivity index (χ0v) is 11.2. The summed E-state index contributed by atoms with van der Waals surface area (Å²) >= 11 is 1.32. The predicted octanol–water partition coefficient (Wildman–Crippen LogP) is 3.96. The molecular formula is C14H13FO2S. The van der Waals surface area contributed by atoms with Crippen molar-refractivity contribution in [3.05, 3.63) is 45.4 Å². The van der Waals surface area contributed by atoms with Crippen LogP contribution in [0.4, 0.5) is 4.39 Å². The van der Waals surface area contributed by atoms with E-state index in [1.807, 2.05) is 25.3 Å². The molecule has 0 aliphatic carbocycles. The van der Waals surface area contributed by atoms with Gasteiger partial charge in [-0.05, 0) is 48.1 Å². The van der Waals surface area contributed by atoms with Gasteiger partial charge < -0.3 is 4.74 Å². The summed E-state index contributed by atoms with van der Waals surface area (Å²) in [7, 11) is 1.35. The molecule has 0 N–H and O–H groups in total. The molecule has 2 aromatic rings. The van der Waals surface area contributed by atoms with E-state index in [1.165, 1.54) is 30.6 Å². The number of esters is 1. The van der Waals surface area contributed by atoms with E-state index in [0.717, 1.165) is 16.7 Å². The highest BCUT2D eigenvalue weighted by atomic mass is 32.1. The van der Waals surface area contributed by atoms with Gasteiger partial charge in [0, 0.05) is 5.56 Å². The highest BCUT2D eigenvalue weighted by molar-refractivity contribution is 7.12. The molecule has 0 saturated carbocycles. The van der Waals surface area contributed by atoms with E-state index < -0.39 is 0 Å². The smallest absolute Gasteiger partial charge is 0.348 e. The Bertz CT molecular complexity index is 582. The van der Waals surface area contributed by atoms with Crippen molar-refractivity contribution < 1.29 is 13.9 Å². The maximum Gasteiger partial charge on any atom is 0.348 e. The lowest BCUT2D eigenvalue weighted by atomic mass is 10.0. The van der Waals surface area contributed by atoms with Crippen LogP contribution in [0.3, 0.4) is 0 Å². The summed E-state index contributed by atoms with van der Waals surface area (Å²) in [5.41, 5.74) is 3.25. The molecule has 0 aliphatic rings. The first-order chi connectivity index (χ1) is 8.52. The summed E-state index contributed by atoms with van der Waals surface area (Å²) in [5.74, 6) is -0.684. The fraction of sp³-hybridized carbons (Fsp3) is 0.214. The van der Waals surface area contributed by atoms with Gasteiger partial charge in [0.2, 0.25) is 0 Å². The topological polar surface area (TPSA) is 26.3 Å². The lowest BCUT2D eigenvalue weighted by Gasteiger charge is -2.06. The zero-order valence-electron chi connectivity index (χ0n) is 10.4. The molecule has 1 heterocycles. The highest BCUT2D eigenvalue weighted by Gasteiger charge is 2.18. The van der Waals surface area contributed by atoms with Crippen molar-refractivity contribution in [1.82, 2.24) is 0 Å². The number of hydrogen-bond donors (Lipinski definition) is 0. The van der Waals surface area contributed by atoms with Crippen molar-refractivity contribution in [3.8, 4) is 11.1 Å². The first kappa shape index (κ1) is 12.8. The first-order valence-corrected chi connectivity index (χ1v) is 6.35. The summed E-state index contributed by atoms with van der Waals surface area (Å²) in [6.07, 6.45) is 0. The number of carbonyl (C=O) groups is 1. The van der Waals surface area contributed by atoms with Gasteiger partial charge >= 0.3 is 5.97 Å². The average Bonchev–Trinajstić information content (AvgIpc) is 2.69. The second kappa shape index (κ2) is 4.90. The average molecular weight is 264 g/mol. The molecule has 0 bridgehead atoms. The van der Waals surface area contributed by atoms with Crippen LogP contribution in [0.1, 0.15) is 20.8 Å². The van der Waals surface area contributed by atoms with Gasteiger partial charge in [-0.3, -0.25) is 0 Å². The second-order valence-electron chi connectivity index (χ2n) is 4.13. The van der Waals surface area contributed by atoms with Crippen molar-refractivity contribution in [2.45, 2.75) is 13.8 Å². The number of hydrogen-bond acceptors (Lipinski definition) is 3. The molecule has 0 spiro atoms. The van der Waals surface area contributed by atoms with Gasteiger partial charge in [-0.2, -0.15) is 0 Å². The summed E-state index contributed by atoms with van der Waals surface area (Å²) in [6, 6.07) is 4.77. The van der Waals surface area contributed by atoms with Crippen molar-refractivity contribution >= 4 is 17.3 Å². The molecule has 0 amide bonds. The van der Waals surface area contributed by atoms with Gasteiger partial charge in [0.05, 0.1) is 7.11 Å². The Morgan fingerprint density at radius 3 is 2.61 bits per heavy atom. The van der Waals surface area contributed by atoms with E-state index in [9.17, 15) is 9.18 Å². The predicted molar refractivity (Wildman–Crippen MR) is 70.5 cm³/mol. The van der Waals surface area contributed by atoms with Gasteiger partial charge in [0.15, 0.2) is 0 Å². The molecule has 0 fully saturated rings. The van der Waals surface area contributed by atoms with Crippen molar-refractivity contribution in [3.63, 3.8) is 0 Å². The van der Waals surface area contributed by atoms with Crippen LogP contribution < -0.4 is 0 Å². The third kappa shape index (κ3) is 2.29. The molecular weight excluding hydrogens is 251 g/mol. The van der Waals surface area contributed by atoms with Gasteiger partial charge in [-0.25, -0.2) is 9.18 Å². The molecule has 0 saturated heterocycles. The SMILES string of the molecule is COC(=O)c1scc(C)c1-c1cc(C)cc(F)c1. The molecule has 0 aliphatic heterocycles.